The van der Waals surface area contributed by atoms with Crippen LogP contribution in [0.4, 0.5) is 0 Å². The Hall–Kier alpha value is -2.04. The van der Waals surface area contributed by atoms with Crippen LogP contribution in [0, 0.1) is 12.3 Å². The lowest BCUT2D eigenvalue weighted by molar-refractivity contribution is -0.151. The minimum atomic E-state index is -0.888. The maximum Gasteiger partial charge on any atom is 0.310 e. The normalized spacial score (nSPS) is 17.5. The number of carboxylic acid groups (broad SMARTS) is 1. The van der Waals surface area contributed by atoms with E-state index in [0.29, 0.717) is 12.8 Å². The molecule has 5 heteroatoms. The molecule has 23 heavy (non-hydrogen) atoms. The van der Waals surface area contributed by atoms with Crippen LogP contribution in [-0.4, -0.2) is 24.1 Å². The number of amides is 1. The molecule has 1 aromatic rings. The van der Waals surface area contributed by atoms with Crippen molar-refractivity contribution in [1.29, 1.82) is 0 Å². The molecular formula is C18H25NO4. The van der Waals surface area contributed by atoms with Gasteiger partial charge >= 0.3 is 5.97 Å². The summed E-state index contributed by atoms with van der Waals surface area (Å²) in [6.07, 6.45) is 2.96. The topological polar surface area (TPSA) is 75.6 Å². The molecule has 0 aliphatic heterocycles. The Labute approximate surface area is 137 Å². The lowest BCUT2D eigenvalue weighted by atomic mass is 9.82. The highest BCUT2D eigenvalue weighted by Gasteiger charge is 2.43. The second-order valence-corrected chi connectivity index (χ2v) is 6.50. The first-order chi connectivity index (χ1) is 10.9. The Kier molecular flexibility index (Phi) is 5.29. The number of ether oxygens (including phenoxy) is 1. The molecule has 0 aromatic heterocycles. The number of carbonyl (C=O) groups is 2. The van der Waals surface area contributed by atoms with Gasteiger partial charge in [-0.15, -0.1) is 0 Å². The fourth-order valence-electron chi connectivity index (χ4n) is 3.39. The van der Waals surface area contributed by atoms with Gasteiger partial charge in [-0.1, -0.05) is 30.5 Å². The number of methoxy groups -OCH3 is 1. The van der Waals surface area contributed by atoms with E-state index in [0.717, 1.165) is 29.7 Å². The number of rotatable bonds is 6. The summed E-state index contributed by atoms with van der Waals surface area (Å²) >= 11 is 0. The summed E-state index contributed by atoms with van der Waals surface area (Å²) in [7, 11) is 1.60. The van der Waals surface area contributed by atoms with Gasteiger partial charge in [0, 0.05) is 12.0 Å². The lowest BCUT2D eigenvalue weighted by Crippen LogP contribution is -2.36. The van der Waals surface area contributed by atoms with Gasteiger partial charge in [-0.2, -0.15) is 0 Å². The second kappa shape index (κ2) is 7.02. The molecule has 0 heterocycles. The molecule has 5 nitrogen and oxygen atoms in total. The predicted molar refractivity (Wildman–Crippen MR) is 87.4 cm³/mol. The minimum absolute atomic E-state index is 0.0425. The van der Waals surface area contributed by atoms with Crippen molar-refractivity contribution in [3.05, 3.63) is 29.3 Å². The summed E-state index contributed by atoms with van der Waals surface area (Å²) < 4.78 is 5.35. The number of nitrogens with one attached hydrogen (secondary N) is 1. The molecule has 0 spiro atoms. The van der Waals surface area contributed by atoms with Crippen LogP contribution in [-0.2, 0) is 9.59 Å². The number of hydrogen-bond acceptors (Lipinski definition) is 3. The van der Waals surface area contributed by atoms with Crippen LogP contribution in [0.2, 0.25) is 0 Å². The van der Waals surface area contributed by atoms with Gasteiger partial charge in [0.1, 0.15) is 5.75 Å². The molecule has 1 saturated carbocycles. The highest BCUT2D eigenvalue weighted by molar-refractivity contribution is 5.85. The molecule has 1 atom stereocenters. The van der Waals surface area contributed by atoms with E-state index in [4.69, 9.17) is 4.74 Å². The first-order valence-electron chi connectivity index (χ1n) is 8.05. The molecule has 126 valence electrons. The van der Waals surface area contributed by atoms with Crippen LogP contribution in [0.15, 0.2) is 18.2 Å². The Bertz CT molecular complexity index is 591. The Morgan fingerprint density at radius 2 is 2.00 bits per heavy atom. The zero-order chi connectivity index (χ0) is 17.0. The Morgan fingerprint density at radius 1 is 1.35 bits per heavy atom. The smallest absolute Gasteiger partial charge is 0.310 e. The molecule has 0 radical (unpaired) electrons. The number of benzene rings is 1. The van der Waals surface area contributed by atoms with Crippen LogP contribution in [0.5, 0.6) is 5.75 Å². The van der Waals surface area contributed by atoms with E-state index in [1.807, 2.05) is 32.0 Å². The van der Waals surface area contributed by atoms with E-state index >= 15 is 0 Å². The molecular weight excluding hydrogens is 294 g/mol. The van der Waals surface area contributed by atoms with Gasteiger partial charge in [0.05, 0.1) is 18.6 Å². The van der Waals surface area contributed by atoms with E-state index in [-0.39, 0.29) is 18.4 Å². The van der Waals surface area contributed by atoms with E-state index < -0.39 is 11.4 Å². The number of aliphatic carboxylic acids is 1. The summed E-state index contributed by atoms with van der Waals surface area (Å²) in [6.45, 7) is 3.87. The van der Waals surface area contributed by atoms with Crippen molar-refractivity contribution in [2.45, 2.75) is 52.0 Å². The standard InChI is InChI=1S/C18H25NO4/c1-12-6-7-15(23-3)14(10-12)13(2)19-16(20)11-18(17(21)22)8-4-5-9-18/h6-7,10,13H,4-5,8-9,11H2,1-3H3,(H,19,20)(H,21,22). The summed E-state index contributed by atoms with van der Waals surface area (Å²) in [6, 6.07) is 5.58. The van der Waals surface area contributed by atoms with Crippen molar-refractivity contribution < 1.29 is 19.4 Å². The molecule has 1 fully saturated rings. The monoisotopic (exact) mass is 319 g/mol. The number of aryl methyl sites for hydroxylation is 1. The third-order valence-corrected chi connectivity index (χ3v) is 4.74. The summed E-state index contributed by atoms with van der Waals surface area (Å²) in [5.74, 6) is -0.353. The van der Waals surface area contributed by atoms with Crippen molar-refractivity contribution in [3.63, 3.8) is 0 Å². The van der Waals surface area contributed by atoms with E-state index in [1.165, 1.54) is 0 Å². The zero-order valence-corrected chi connectivity index (χ0v) is 14.0. The van der Waals surface area contributed by atoms with Gasteiger partial charge in [0.25, 0.3) is 0 Å². The highest BCUT2D eigenvalue weighted by atomic mass is 16.5. The minimum Gasteiger partial charge on any atom is -0.496 e. The molecule has 2 rings (SSSR count). The van der Waals surface area contributed by atoms with E-state index in [1.54, 1.807) is 7.11 Å². The molecule has 1 aromatic carbocycles. The zero-order valence-electron chi connectivity index (χ0n) is 14.0. The maximum absolute atomic E-state index is 12.4. The van der Waals surface area contributed by atoms with Gasteiger partial charge in [-0.3, -0.25) is 9.59 Å². The molecule has 0 bridgehead atoms. The SMILES string of the molecule is COc1ccc(C)cc1C(C)NC(=O)CC1(C(=O)O)CCCC1. The average Bonchev–Trinajstić information content (AvgIpc) is 2.96. The van der Waals surface area contributed by atoms with Crippen molar-refractivity contribution in [3.8, 4) is 5.75 Å². The fourth-order valence-corrected chi connectivity index (χ4v) is 3.39. The average molecular weight is 319 g/mol. The fraction of sp³-hybridized carbons (Fsp3) is 0.556. The van der Waals surface area contributed by atoms with Crippen LogP contribution in [0.3, 0.4) is 0 Å². The predicted octanol–water partition coefficient (Wildman–Crippen LogP) is 3.22. The number of carbonyl (C=O) groups excluding carboxylic acids is 1. The van der Waals surface area contributed by atoms with Crippen molar-refractivity contribution in [2.24, 2.45) is 5.41 Å². The largest absolute Gasteiger partial charge is 0.496 e. The van der Waals surface area contributed by atoms with Gasteiger partial charge < -0.3 is 15.2 Å². The summed E-state index contributed by atoms with van der Waals surface area (Å²) in [5.41, 5.74) is 1.09. The summed E-state index contributed by atoms with van der Waals surface area (Å²) in [4.78, 5) is 23.9. The van der Waals surface area contributed by atoms with Crippen molar-refractivity contribution in [1.82, 2.24) is 5.32 Å². The molecule has 1 aliphatic rings. The van der Waals surface area contributed by atoms with E-state index in [2.05, 4.69) is 5.32 Å². The van der Waals surface area contributed by atoms with Gasteiger partial charge in [-0.25, -0.2) is 0 Å². The lowest BCUT2D eigenvalue weighted by Gasteiger charge is -2.25. The van der Waals surface area contributed by atoms with Crippen LogP contribution in [0.25, 0.3) is 0 Å². The van der Waals surface area contributed by atoms with Gasteiger partial charge in [-0.05, 0) is 32.8 Å². The summed E-state index contributed by atoms with van der Waals surface area (Å²) in [5, 5.41) is 12.4. The molecule has 2 N–H and O–H groups in total. The highest BCUT2D eigenvalue weighted by Crippen LogP contribution is 2.41. The molecule has 1 unspecified atom stereocenters. The Morgan fingerprint density at radius 3 is 2.57 bits per heavy atom. The maximum atomic E-state index is 12.4. The Balaban J connectivity index is 2.08. The van der Waals surface area contributed by atoms with Crippen molar-refractivity contribution in [2.75, 3.05) is 7.11 Å². The molecule has 1 aliphatic carbocycles. The first kappa shape index (κ1) is 17.3. The first-order valence-corrected chi connectivity index (χ1v) is 8.05. The quantitative estimate of drug-likeness (QED) is 0.844. The van der Waals surface area contributed by atoms with Crippen LogP contribution in [0.1, 0.15) is 56.2 Å². The van der Waals surface area contributed by atoms with Crippen molar-refractivity contribution >= 4 is 11.9 Å². The molecule has 0 saturated heterocycles. The van der Waals surface area contributed by atoms with Crippen LogP contribution < -0.4 is 10.1 Å². The number of hydrogen-bond donors (Lipinski definition) is 2. The van der Waals surface area contributed by atoms with E-state index in [9.17, 15) is 14.7 Å². The number of carboxylic acids is 1. The van der Waals surface area contributed by atoms with Crippen LogP contribution >= 0.6 is 0 Å². The molecule has 1 amide bonds. The third-order valence-electron chi connectivity index (χ3n) is 4.74. The third kappa shape index (κ3) is 3.84. The second-order valence-electron chi connectivity index (χ2n) is 6.50. The van der Waals surface area contributed by atoms with Gasteiger partial charge in [0.15, 0.2) is 0 Å². The van der Waals surface area contributed by atoms with Gasteiger partial charge in [0.2, 0.25) is 5.91 Å².